The molecule has 9 nitrogen and oxygen atoms in total. The molecule has 0 aliphatic carbocycles. The number of rotatable bonds is 13. The van der Waals surface area contributed by atoms with Gasteiger partial charge in [-0.1, -0.05) is 86.6 Å². The third kappa shape index (κ3) is 10.3. The van der Waals surface area contributed by atoms with Crippen molar-refractivity contribution in [2.24, 2.45) is 5.92 Å². The molecule has 42 heavy (non-hydrogen) atoms. The molecule has 3 aromatic carbocycles. The van der Waals surface area contributed by atoms with Gasteiger partial charge in [0.05, 0.1) is 12.0 Å². The largest absolute Gasteiger partial charge is 0.350 e. The summed E-state index contributed by atoms with van der Waals surface area (Å²) in [6.45, 7) is 9.23. The van der Waals surface area contributed by atoms with Crippen LogP contribution < -0.4 is 21.4 Å². The molecule has 0 aliphatic rings. The summed E-state index contributed by atoms with van der Waals surface area (Å²) in [5, 5.41) is 10.5. The summed E-state index contributed by atoms with van der Waals surface area (Å²) >= 11 is 0. The highest BCUT2D eigenvalue weighted by atomic mass is 16.7. The Labute approximate surface area is 247 Å². The minimum atomic E-state index is -1.20. The SMILES string of the molecule is CC(C)[C@H](NC(=O)[C@H](CC(=O)NOC(C)(C)C)NC(=O)CCc1ccccc1)C(=O)NCc1cccc2ccccc12. The van der Waals surface area contributed by atoms with Gasteiger partial charge in [-0.2, -0.15) is 0 Å². The minimum absolute atomic E-state index is 0.132. The first-order valence-corrected chi connectivity index (χ1v) is 14.3. The highest BCUT2D eigenvalue weighted by molar-refractivity contribution is 5.95. The summed E-state index contributed by atoms with van der Waals surface area (Å²) < 4.78 is 0. The molecule has 4 N–H and O–H groups in total. The van der Waals surface area contributed by atoms with E-state index in [4.69, 9.17) is 4.84 Å². The van der Waals surface area contributed by atoms with Crippen molar-refractivity contribution in [3.8, 4) is 0 Å². The number of benzene rings is 3. The van der Waals surface area contributed by atoms with Crippen molar-refractivity contribution in [2.75, 3.05) is 0 Å². The fourth-order valence-corrected chi connectivity index (χ4v) is 4.34. The highest BCUT2D eigenvalue weighted by Gasteiger charge is 2.30. The number of hydroxylamine groups is 1. The standard InChI is InChI=1S/C33H42N4O5/c1-22(2)30(32(41)34-21-25-16-11-15-24-14-9-10-17-26(24)25)36-31(40)27(20-29(39)37-42-33(3,4)5)35-28(38)19-18-23-12-7-6-8-13-23/h6-17,22,27,30H,18-21H2,1-5H3,(H,34,41)(H,35,38)(H,36,40)(H,37,39)/t27-,30-/m0/s1. The number of carbonyl (C=O) groups excluding carboxylic acids is 4. The van der Waals surface area contributed by atoms with Crippen molar-refractivity contribution in [1.29, 1.82) is 0 Å². The van der Waals surface area contributed by atoms with Gasteiger partial charge in [0.2, 0.25) is 23.6 Å². The van der Waals surface area contributed by atoms with Crippen molar-refractivity contribution in [3.05, 3.63) is 83.9 Å². The van der Waals surface area contributed by atoms with Gasteiger partial charge < -0.3 is 16.0 Å². The van der Waals surface area contributed by atoms with Gasteiger partial charge in [0, 0.05) is 13.0 Å². The normalized spacial score (nSPS) is 12.8. The number of fused-ring (bicyclic) bond motifs is 1. The Kier molecular flexibility index (Phi) is 11.6. The van der Waals surface area contributed by atoms with E-state index in [1.165, 1.54) is 0 Å². The van der Waals surface area contributed by atoms with Gasteiger partial charge in [0.15, 0.2) is 0 Å². The lowest BCUT2D eigenvalue weighted by molar-refractivity contribution is -0.147. The lowest BCUT2D eigenvalue weighted by Crippen LogP contribution is -2.56. The maximum absolute atomic E-state index is 13.4. The monoisotopic (exact) mass is 574 g/mol. The van der Waals surface area contributed by atoms with Gasteiger partial charge in [-0.05, 0) is 55.0 Å². The first-order chi connectivity index (χ1) is 19.9. The minimum Gasteiger partial charge on any atom is -0.350 e. The first-order valence-electron chi connectivity index (χ1n) is 14.3. The quantitative estimate of drug-likeness (QED) is 0.230. The second kappa shape index (κ2) is 15.1. The molecule has 3 aromatic rings. The molecule has 0 bridgehead atoms. The van der Waals surface area contributed by atoms with Crippen LogP contribution in [0.3, 0.4) is 0 Å². The molecule has 0 unspecified atom stereocenters. The predicted molar refractivity (Wildman–Crippen MR) is 163 cm³/mol. The Morgan fingerprint density at radius 2 is 1.45 bits per heavy atom. The molecular weight excluding hydrogens is 532 g/mol. The Hall–Kier alpha value is -4.24. The number of aryl methyl sites for hydroxylation is 1. The van der Waals surface area contributed by atoms with Crippen LogP contribution in [0.25, 0.3) is 10.8 Å². The van der Waals surface area contributed by atoms with E-state index < -0.39 is 29.5 Å². The summed E-state index contributed by atoms with van der Waals surface area (Å²) in [6, 6.07) is 21.2. The lowest BCUT2D eigenvalue weighted by Gasteiger charge is -2.26. The van der Waals surface area contributed by atoms with Gasteiger partial charge in [-0.25, -0.2) is 5.48 Å². The van der Waals surface area contributed by atoms with Gasteiger partial charge in [-0.15, -0.1) is 0 Å². The van der Waals surface area contributed by atoms with E-state index >= 15 is 0 Å². The zero-order chi connectivity index (χ0) is 30.7. The third-order valence-corrected chi connectivity index (χ3v) is 6.58. The molecule has 0 saturated carbocycles. The second-order valence-corrected chi connectivity index (χ2v) is 11.6. The summed E-state index contributed by atoms with van der Waals surface area (Å²) in [7, 11) is 0. The molecule has 0 radical (unpaired) electrons. The molecule has 4 amide bonds. The van der Waals surface area contributed by atoms with Crippen LogP contribution in [0.4, 0.5) is 0 Å². The third-order valence-electron chi connectivity index (χ3n) is 6.58. The van der Waals surface area contributed by atoms with Gasteiger partial charge in [0.25, 0.3) is 0 Å². The lowest BCUT2D eigenvalue weighted by atomic mass is 10.0. The Morgan fingerprint density at radius 1 is 0.786 bits per heavy atom. The molecule has 2 atom stereocenters. The van der Waals surface area contributed by atoms with Crippen LogP contribution in [-0.4, -0.2) is 41.3 Å². The van der Waals surface area contributed by atoms with Crippen LogP contribution in [0.1, 0.15) is 58.6 Å². The highest BCUT2D eigenvalue weighted by Crippen LogP contribution is 2.18. The Morgan fingerprint density at radius 3 is 2.14 bits per heavy atom. The zero-order valence-corrected chi connectivity index (χ0v) is 25.0. The van der Waals surface area contributed by atoms with Gasteiger partial charge >= 0.3 is 0 Å². The molecule has 0 aromatic heterocycles. The van der Waals surface area contributed by atoms with Crippen molar-refractivity contribution in [2.45, 2.75) is 78.1 Å². The molecule has 0 spiro atoms. The van der Waals surface area contributed by atoms with E-state index in [1.807, 2.05) is 86.6 Å². The van der Waals surface area contributed by atoms with Crippen LogP contribution >= 0.6 is 0 Å². The van der Waals surface area contributed by atoms with Crippen molar-refractivity contribution in [1.82, 2.24) is 21.4 Å². The second-order valence-electron chi connectivity index (χ2n) is 11.6. The average molecular weight is 575 g/mol. The van der Waals surface area contributed by atoms with E-state index in [0.29, 0.717) is 6.42 Å². The predicted octanol–water partition coefficient (Wildman–Crippen LogP) is 3.95. The van der Waals surface area contributed by atoms with E-state index in [2.05, 4.69) is 21.4 Å². The molecule has 0 fully saturated rings. The average Bonchev–Trinajstić information content (AvgIpc) is 2.96. The maximum atomic E-state index is 13.4. The number of hydrogen-bond donors (Lipinski definition) is 4. The van der Waals surface area contributed by atoms with E-state index in [9.17, 15) is 19.2 Å². The van der Waals surface area contributed by atoms with Crippen LogP contribution in [-0.2, 0) is 37.0 Å². The molecule has 224 valence electrons. The van der Waals surface area contributed by atoms with Gasteiger partial charge in [0.1, 0.15) is 12.1 Å². The number of amides is 4. The zero-order valence-electron chi connectivity index (χ0n) is 25.0. The molecule has 9 heteroatoms. The van der Waals surface area contributed by atoms with Gasteiger partial charge in [-0.3, -0.25) is 24.0 Å². The van der Waals surface area contributed by atoms with E-state index in [-0.39, 0.29) is 37.1 Å². The first kappa shape index (κ1) is 32.3. The van der Waals surface area contributed by atoms with Crippen molar-refractivity contribution < 1.29 is 24.0 Å². The summed E-state index contributed by atoms with van der Waals surface area (Å²) in [5.74, 6) is -2.21. The summed E-state index contributed by atoms with van der Waals surface area (Å²) in [5.41, 5.74) is 3.63. The van der Waals surface area contributed by atoms with Crippen LogP contribution in [0.15, 0.2) is 72.8 Å². The summed E-state index contributed by atoms with van der Waals surface area (Å²) in [4.78, 5) is 57.5. The molecule has 3 rings (SSSR count). The fourth-order valence-electron chi connectivity index (χ4n) is 4.34. The number of nitrogens with one attached hydrogen (secondary N) is 4. The topological polar surface area (TPSA) is 126 Å². The smallest absolute Gasteiger partial charge is 0.246 e. The molecular formula is C33H42N4O5. The van der Waals surface area contributed by atoms with E-state index in [1.54, 1.807) is 20.8 Å². The van der Waals surface area contributed by atoms with Crippen molar-refractivity contribution >= 4 is 34.4 Å². The number of hydrogen-bond acceptors (Lipinski definition) is 5. The number of carbonyl (C=O) groups is 4. The van der Waals surface area contributed by atoms with E-state index in [0.717, 1.165) is 21.9 Å². The van der Waals surface area contributed by atoms with Crippen molar-refractivity contribution in [3.63, 3.8) is 0 Å². The Balaban J connectivity index is 1.68. The fraction of sp³-hybridized carbons (Fsp3) is 0.394. The Bertz CT molecular complexity index is 1360. The maximum Gasteiger partial charge on any atom is 0.246 e. The molecule has 0 heterocycles. The molecule has 0 saturated heterocycles. The summed E-state index contributed by atoms with van der Waals surface area (Å²) in [6.07, 6.45) is 0.250. The van der Waals surface area contributed by atoms with Crippen LogP contribution in [0.2, 0.25) is 0 Å². The van der Waals surface area contributed by atoms with Crippen LogP contribution in [0, 0.1) is 5.92 Å². The molecule has 0 aliphatic heterocycles. The van der Waals surface area contributed by atoms with Crippen LogP contribution in [0.5, 0.6) is 0 Å².